The molecule has 0 unspecified atom stereocenters. The van der Waals surface area contributed by atoms with Crippen molar-refractivity contribution in [1.82, 2.24) is 0 Å². The maximum atomic E-state index is 11.4. The number of hydrogen-bond acceptors (Lipinski definition) is 3. The van der Waals surface area contributed by atoms with Crippen molar-refractivity contribution >= 4 is 40.2 Å². The summed E-state index contributed by atoms with van der Waals surface area (Å²) in [4.78, 5) is 11.4. The van der Waals surface area contributed by atoms with Crippen molar-refractivity contribution in [2.24, 2.45) is 0 Å². The summed E-state index contributed by atoms with van der Waals surface area (Å²) in [5.41, 5.74) is 0.342. The molecule has 0 atom stereocenters. The van der Waals surface area contributed by atoms with Gasteiger partial charge >= 0.3 is 5.97 Å². The molecule has 76 valence electrons. The Kier molecular flexibility index (Phi) is 4.00. The molecule has 0 spiro atoms. The lowest BCUT2D eigenvalue weighted by Crippen LogP contribution is -2.05. The Morgan fingerprint density at radius 3 is 2.57 bits per heavy atom. The summed E-state index contributed by atoms with van der Waals surface area (Å²) >= 11 is 7.97. The summed E-state index contributed by atoms with van der Waals surface area (Å²) in [5.74, 6) is 0.00535. The number of ether oxygens (including phenoxy) is 2. The molecule has 0 saturated carbocycles. The quantitative estimate of drug-likeness (QED) is 0.619. The van der Waals surface area contributed by atoms with Gasteiger partial charge in [0.1, 0.15) is 5.75 Å². The van der Waals surface area contributed by atoms with E-state index in [4.69, 9.17) is 16.3 Å². The van der Waals surface area contributed by atoms with E-state index in [9.17, 15) is 4.79 Å². The molecule has 0 fully saturated rings. The fourth-order valence-corrected chi connectivity index (χ4v) is 2.13. The molecule has 0 heterocycles. The first-order valence-corrected chi connectivity index (χ1v) is 5.17. The van der Waals surface area contributed by atoms with E-state index in [2.05, 4.69) is 4.74 Å². The SMILES string of the molecule is COC(=O)c1c(I)ccc(OC)c1Cl. The molecule has 0 saturated heterocycles. The number of methoxy groups -OCH3 is 2. The standard InChI is InChI=1S/C9H8ClIO3/c1-13-6-4-3-5(11)7(8(6)10)9(12)14-2/h3-4H,1-2H3. The molecule has 1 aromatic carbocycles. The van der Waals surface area contributed by atoms with Crippen molar-refractivity contribution in [2.45, 2.75) is 0 Å². The highest BCUT2D eigenvalue weighted by Gasteiger charge is 2.18. The van der Waals surface area contributed by atoms with E-state index in [0.717, 1.165) is 3.57 Å². The van der Waals surface area contributed by atoms with Gasteiger partial charge < -0.3 is 9.47 Å². The zero-order valence-corrected chi connectivity index (χ0v) is 10.5. The van der Waals surface area contributed by atoms with Crippen molar-refractivity contribution in [3.05, 3.63) is 26.3 Å². The van der Waals surface area contributed by atoms with Gasteiger partial charge in [-0.3, -0.25) is 0 Å². The van der Waals surface area contributed by atoms with Crippen molar-refractivity contribution in [2.75, 3.05) is 14.2 Å². The number of carbonyl (C=O) groups is 1. The van der Waals surface area contributed by atoms with E-state index in [1.54, 1.807) is 12.1 Å². The number of halogens is 2. The molecule has 0 aromatic heterocycles. The Balaban J connectivity index is 3.32. The number of carbonyl (C=O) groups excluding carboxylic acids is 1. The Morgan fingerprint density at radius 1 is 1.43 bits per heavy atom. The minimum Gasteiger partial charge on any atom is -0.495 e. The molecule has 0 aliphatic heterocycles. The minimum atomic E-state index is -0.460. The third kappa shape index (κ3) is 2.12. The van der Waals surface area contributed by atoms with Crippen LogP contribution in [0.15, 0.2) is 12.1 Å². The molecule has 14 heavy (non-hydrogen) atoms. The van der Waals surface area contributed by atoms with Crippen LogP contribution >= 0.6 is 34.2 Å². The molecular weight excluding hydrogens is 318 g/mol. The fraction of sp³-hybridized carbons (Fsp3) is 0.222. The molecule has 1 rings (SSSR count). The van der Waals surface area contributed by atoms with Crippen molar-refractivity contribution in [3.8, 4) is 5.75 Å². The van der Waals surface area contributed by atoms with Crippen LogP contribution in [-0.2, 0) is 4.74 Å². The second-order valence-corrected chi connectivity index (χ2v) is 3.97. The molecule has 5 heteroatoms. The maximum Gasteiger partial charge on any atom is 0.340 e. The highest BCUT2D eigenvalue weighted by molar-refractivity contribution is 14.1. The molecule has 0 aliphatic carbocycles. The Hall–Kier alpha value is -0.490. The first kappa shape index (κ1) is 11.6. The average Bonchev–Trinajstić information content (AvgIpc) is 2.18. The predicted molar refractivity (Wildman–Crippen MR) is 62.1 cm³/mol. The largest absolute Gasteiger partial charge is 0.495 e. The smallest absolute Gasteiger partial charge is 0.340 e. The lowest BCUT2D eigenvalue weighted by atomic mass is 10.2. The summed E-state index contributed by atoms with van der Waals surface area (Å²) in [6.45, 7) is 0. The fourth-order valence-electron chi connectivity index (χ4n) is 0.980. The van der Waals surface area contributed by atoms with Gasteiger partial charge in [-0.25, -0.2) is 4.79 Å². The van der Waals surface area contributed by atoms with Gasteiger partial charge in [0.05, 0.1) is 24.8 Å². The number of hydrogen-bond donors (Lipinski definition) is 0. The zero-order chi connectivity index (χ0) is 10.7. The monoisotopic (exact) mass is 326 g/mol. The van der Waals surface area contributed by atoms with Crippen molar-refractivity contribution in [1.29, 1.82) is 0 Å². The van der Waals surface area contributed by atoms with Crippen LogP contribution in [0.2, 0.25) is 5.02 Å². The number of rotatable bonds is 2. The van der Waals surface area contributed by atoms with Crippen LogP contribution in [0.5, 0.6) is 5.75 Å². The van der Waals surface area contributed by atoms with Gasteiger partial charge in [0, 0.05) is 3.57 Å². The molecule has 0 N–H and O–H groups in total. The van der Waals surface area contributed by atoms with Gasteiger partial charge in [-0.05, 0) is 34.7 Å². The molecule has 0 aliphatic rings. The van der Waals surface area contributed by atoms with Crippen molar-refractivity contribution in [3.63, 3.8) is 0 Å². The predicted octanol–water partition coefficient (Wildman–Crippen LogP) is 2.74. The summed E-state index contributed by atoms with van der Waals surface area (Å²) in [6.07, 6.45) is 0. The highest BCUT2D eigenvalue weighted by Crippen LogP contribution is 2.31. The normalized spacial score (nSPS) is 9.71. The lowest BCUT2D eigenvalue weighted by Gasteiger charge is -2.08. The second kappa shape index (κ2) is 4.84. The zero-order valence-electron chi connectivity index (χ0n) is 7.64. The van der Waals surface area contributed by atoms with Gasteiger partial charge in [0.15, 0.2) is 0 Å². The van der Waals surface area contributed by atoms with E-state index < -0.39 is 5.97 Å². The molecule has 3 nitrogen and oxygen atoms in total. The Bertz CT molecular complexity index is 365. The minimum absolute atomic E-state index is 0.284. The van der Waals surface area contributed by atoms with Gasteiger partial charge in [-0.1, -0.05) is 11.6 Å². The van der Waals surface area contributed by atoms with Gasteiger partial charge in [-0.2, -0.15) is 0 Å². The van der Waals surface area contributed by atoms with Crippen LogP contribution in [0.3, 0.4) is 0 Å². The summed E-state index contributed by atoms with van der Waals surface area (Å²) in [5, 5.41) is 0.284. The van der Waals surface area contributed by atoms with Crippen LogP contribution < -0.4 is 4.74 Å². The second-order valence-electron chi connectivity index (χ2n) is 2.43. The van der Waals surface area contributed by atoms with E-state index >= 15 is 0 Å². The van der Waals surface area contributed by atoms with E-state index in [1.165, 1.54) is 14.2 Å². The highest BCUT2D eigenvalue weighted by atomic mass is 127. The van der Waals surface area contributed by atoms with Crippen molar-refractivity contribution < 1.29 is 14.3 Å². The van der Waals surface area contributed by atoms with Gasteiger partial charge in [0.25, 0.3) is 0 Å². The molecule has 0 radical (unpaired) electrons. The number of benzene rings is 1. The maximum absolute atomic E-state index is 11.4. The molecule has 0 amide bonds. The molecule has 1 aromatic rings. The van der Waals surface area contributed by atoms with Crippen LogP contribution in [-0.4, -0.2) is 20.2 Å². The summed E-state index contributed by atoms with van der Waals surface area (Å²) in [6, 6.07) is 3.45. The third-order valence-electron chi connectivity index (χ3n) is 1.67. The van der Waals surface area contributed by atoms with Crippen LogP contribution in [0.4, 0.5) is 0 Å². The topological polar surface area (TPSA) is 35.5 Å². The first-order valence-electron chi connectivity index (χ1n) is 3.72. The Labute approximate surface area is 100 Å². The van der Waals surface area contributed by atoms with Gasteiger partial charge in [-0.15, -0.1) is 0 Å². The lowest BCUT2D eigenvalue weighted by molar-refractivity contribution is 0.0599. The van der Waals surface area contributed by atoms with Crippen LogP contribution in [0.25, 0.3) is 0 Å². The molecule has 0 bridgehead atoms. The first-order chi connectivity index (χ1) is 6.61. The van der Waals surface area contributed by atoms with E-state index in [-0.39, 0.29) is 5.02 Å². The molecular formula is C9H8ClIO3. The van der Waals surface area contributed by atoms with Crippen LogP contribution in [0.1, 0.15) is 10.4 Å². The average molecular weight is 327 g/mol. The van der Waals surface area contributed by atoms with E-state index in [0.29, 0.717) is 11.3 Å². The third-order valence-corrected chi connectivity index (χ3v) is 2.94. The Morgan fingerprint density at radius 2 is 2.07 bits per heavy atom. The van der Waals surface area contributed by atoms with Crippen LogP contribution in [0, 0.1) is 3.57 Å². The number of esters is 1. The van der Waals surface area contributed by atoms with Gasteiger partial charge in [0.2, 0.25) is 0 Å². The van der Waals surface area contributed by atoms with E-state index in [1.807, 2.05) is 22.6 Å². The summed E-state index contributed by atoms with van der Waals surface area (Å²) < 4.78 is 10.3. The summed E-state index contributed by atoms with van der Waals surface area (Å²) in [7, 11) is 2.81.